The highest BCUT2D eigenvalue weighted by atomic mass is 15.0. The predicted octanol–water partition coefficient (Wildman–Crippen LogP) is 11.4. The van der Waals surface area contributed by atoms with Crippen molar-refractivity contribution in [3.63, 3.8) is 0 Å². The third kappa shape index (κ3) is 4.35. The summed E-state index contributed by atoms with van der Waals surface area (Å²) in [7, 11) is 0. The quantitative estimate of drug-likeness (QED) is 0.183. The second-order valence-electron chi connectivity index (χ2n) is 12.4. The van der Waals surface area contributed by atoms with Gasteiger partial charge in [0.15, 0.2) is 17.5 Å². The van der Waals surface area contributed by atoms with Crippen LogP contribution in [0.2, 0.25) is 0 Å². The highest BCUT2D eigenvalue weighted by molar-refractivity contribution is 6.36. The van der Waals surface area contributed by atoms with Crippen LogP contribution in [0.1, 0.15) is 0 Å². The van der Waals surface area contributed by atoms with E-state index in [0.717, 1.165) is 27.9 Å². The monoisotopic (exact) mass is 624 g/mol. The fourth-order valence-electron chi connectivity index (χ4n) is 7.43. The molecule has 0 atom stereocenters. The molecule has 0 N–H and O–H groups in total. The first kappa shape index (κ1) is 27.5. The zero-order valence-electron chi connectivity index (χ0n) is 26.5. The van der Waals surface area contributed by atoms with Gasteiger partial charge >= 0.3 is 0 Å². The lowest BCUT2D eigenvalue weighted by atomic mass is 9.93. The van der Waals surface area contributed by atoms with Gasteiger partial charge in [-0.25, -0.2) is 15.0 Å². The smallest absolute Gasteiger partial charge is 0.164 e. The first-order valence-corrected chi connectivity index (χ1v) is 16.5. The molecule has 10 aromatic rings. The van der Waals surface area contributed by atoms with Gasteiger partial charge in [0.2, 0.25) is 0 Å². The van der Waals surface area contributed by atoms with E-state index in [2.05, 4.69) is 114 Å². The molecule has 2 heterocycles. The fourth-order valence-corrected chi connectivity index (χ4v) is 7.43. The molecule has 8 aromatic carbocycles. The number of benzene rings is 8. The van der Waals surface area contributed by atoms with Crippen LogP contribution >= 0.6 is 0 Å². The van der Waals surface area contributed by atoms with Crippen LogP contribution in [-0.4, -0.2) is 19.5 Å². The molecule has 0 saturated carbocycles. The molecule has 0 radical (unpaired) electrons. The number of hydrogen-bond donors (Lipinski definition) is 0. The first-order chi connectivity index (χ1) is 24.3. The van der Waals surface area contributed by atoms with Crippen molar-refractivity contribution in [3.8, 4) is 39.9 Å². The van der Waals surface area contributed by atoms with Gasteiger partial charge in [-0.05, 0) is 39.7 Å². The molecule has 4 nitrogen and oxygen atoms in total. The van der Waals surface area contributed by atoms with Crippen LogP contribution in [-0.2, 0) is 0 Å². The van der Waals surface area contributed by atoms with Gasteiger partial charge in [-0.2, -0.15) is 0 Å². The first-order valence-electron chi connectivity index (χ1n) is 16.5. The Bertz CT molecular complexity index is 2820. The Balaban J connectivity index is 1.28. The van der Waals surface area contributed by atoms with Crippen molar-refractivity contribution >= 4 is 54.1 Å². The van der Waals surface area contributed by atoms with E-state index in [1.807, 2.05) is 60.7 Å². The van der Waals surface area contributed by atoms with E-state index in [-0.39, 0.29) is 0 Å². The molecule has 4 heteroatoms. The summed E-state index contributed by atoms with van der Waals surface area (Å²) in [4.78, 5) is 15.0. The second kappa shape index (κ2) is 11.0. The lowest BCUT2D eigenvalue weighted by Gasteiger charge is -2.14. The summed E-state index contributed by atoms with van der Waals surface area (Å²) < 4.78 is 2.43. The van der Waals surface area contributed by atoms with Gasteiger partial charge < -0.3 is 4.57 Å². The maximum atomic E-state index is 5.04. The van der Waals surface area contributed by atoms with Crippen molar-refractivity contribution in [2.24, 2.45) is 0 Å². The minimum Gasteiger partial charge on any atom is -0.309 e. The minimum atomic E-state index is 0.636. The van der Waals surface area contributed by atoms with Gasteiger partial charge in [-0.15, -0.1) is 0 Å². The van der Waals surface area contributed by atoms with E-state index in [4.69, 9.17) is 15.0 Å². The van der Waals surface area contributed by atoms with Crippen LogP contribution in [0, 0.1) is 0 Å². The number of rotatable bonds is 4. The highest BCUT2D eigenvalue weighted by Crippen LogP contribution is 2.44. The largest absolute Gasteiger partial charge is 0.309 e. The van der Waals surface area contributed by atoms with Crippen LogP contribution < -0.4 is 0 Å². The van der Waals surface area contributed by atoms with Crippen LogP contribution in [0.3, 0.4) is 0 Å². The van der Waals surface area contributed by atoms with Crippen molar-refractivity contribution in [2.45, 2.75) is 0 Å². The number of hydrogen-bond acceptors (Lipinski definition) is 3. The Morgan fingerprint density at radius 1 is 0.347 bits per heavy atom. The summed E-state index contributed by atoms with van der Waals surface area (Å²) in [6, 6.07) is 59.7. The minimum absolute atomic E-state index is 0.636. The molecule has 0 amide bonds. The average Bonchev–Trinajstić information content (AvgIpc) is 3.54. The van der Waals surface area contributed by atoms with Crippen LogP contribution in [0.15, 0.2) is 170 Å². The van der Waals surface area contributed by atoms with E-state index < -0.39 is 0 Å². The Morgan fingerprint density at radius 3 is 1.61 bits per heavy atom. The standard InChI is InChI=1S/C45H28N4/c1-3-15-30(16-4-1)43-46-44(31-17-5-2-6-18-31)48-45(47-43)32-19-13-20-33(28-32)49-39-25-12-11-24-38(39)41-40-34-21-8-7-14-29(34)26-27-36(40)35-22-9-10-23-37(35)42(41)49/h1-28H. The highest BCUT2D eigenvalue weighted by Gasteiger charge is 2.21. The summed E-state index contributed by atoms with van der Waals surface area (Å²) in [5, 5.41) is 10.0. The second-order valence-corrected chi connectivity index (χ2v) is 12.4. The van der Waals surface area contributed by atoms with E-state index in [9.17, 15) is 0 Å². The van der Waals surface area contributed by atoms with Crippen molar-refractivity contribution in [3.05, 3.63) is 170 Å². The van der Waals surface area contributed by atoms with Crippen LogP contribution in [0.25, 0.3) is 94.0 Å². The Hall–Kier alpha value is -6.65. The van der Waals surface area contributed by atoms with Crippen molar-refractivity contribution in [2.75, 3.05) is 0 Å². The molecule has 0 fully saturated rings. The number of aromatic nitrogens is 4. The van der Waals surface area contributed by atoms with E-state index >= 15 is 0 Å². The summed E-state index contributed by atoms with van der Waals surface area (Å²) >= 11 is 0. The molecule has 0 aliphatic rings. The Morgan fingerprint density at radius 2 is 0.898 bits per heavy atom. The number of para-hydroxylation sites is 1. The normalized spacial score (nSPS) is 11.7. The molecule has 2 aromatic heterocycles. The van der Waals surface area contributed by atoms with Crippen molar-refractivity contribution in [1.29, 1.82) is 0 Å². The molecule has 0 spiro atoms. The zero-order chi connectivity index (χ0) is 32.3. The maximum Gasteiger partial charge on any atom is 0.164 e. The van der Waals surface area contributed by atoms with Gasteiger partial charge in [0.1, 0.15) is 0 Å². The Labute approximate surface area is 282 Å². The summed E-state index contributed by atoms with van der Waals surface area (Å²) in [6.45, 7) is 0. The van der Waals surface area contributed by atoms with E-state index in [0.29, 0.717) is 17.5 Å². The summed E-state index contributed by atoms with van der Waals surface area (Å²) in [5.41, 5.74) is 6.24. The van der Waals surface area contributed by atoms with Gasteiger partial charge in [-0.1, -0.05) is 152 Å². The van der Waals surface area contributed by atoms with E-state index in [1.165, 1.54) is 48.6 Å². The molecular formula is C45H28N4. The van der Waals surface area contributed by atoms with Gasteiger partial charge in [-0.3, -0.25) is 0 Å². The molecule has 0 bridgehead atoms. The lowest BCUT2D eigenvalue weighted by molar-refractivity contribution is 1.07. The summed E-state index contributed by atoms with van der Waals surface area (Å²) in [6.07, 6.45) is 0. The number of nitrogens with zero attached hydrogens (tertiary/aromatic N) is 4. The van der Waals surface area contributed by atoms with Crippen molar-refractivity contribution in [1.82, 2.24) is 19.5 Å². The van der Waals surface area contributed by atoms with Crippen LogP contribution in [0.5, 0.6) is 0 Å². The summed E-state index contributed by atoms with van der Waals surface area (Å²) in [5.74, 6) is 1.93. The lowest BCUT2D eigenvalue weighted by Crippen LogP contribution is -2.01. The van der Waals surface area contributed by atoms with Gasteiger partial charge in [0.05, 0.1) is 11.0 Å². The van der Waals surface area contributed by atoms with Crippen molar-refractivity contribution < 1.29 is 0 Å². The number of fused-ring (bicyclic) bond motifs is 10. The molecule has 0 unspecified atom stereocenters. The fraction of sp³-hybridized carbons (Fsp3) is 0. The Kier molecular flexibility index (Phi) is 6.15. The van der Waals surface area contributed by atoms with Gasteiger partial charge in [0.25, 0.3) is 0 Å². The third-order valence-corrected chi connectivity index (χ3v) is 9.59. The molecule has 228 valence electrons. The average molecular weight is 625 g/mol. The maximum absolute atomic E-state index is 5.04. The molecule has 0 saturated heterocycles. The van der Waals surface area contributed by atoms with Crippen LogP contribution in [0.4, 0.5) is 0 Å². The topological polar surface area (TPSA) is 43.6 Å². The predicted molar refractivity (Wildman–Crippen MR) is 203 cm³/mol. The molecule has 0 aliphatic heterocycles. The van der Waals surface area contributed by atoms with Gasteiger partial charge in [0, 0.05) is 43.9 Å². The molecule has 10 rings (SSSR count). The van der Waals surface area contributed by atoms with E-state index in [1.54, 1.807) is 0 Å². The molecule has 0 aliphatic carbocycles. The third-order valence-electron chi connectivity index (χ3n) is 9.59. The molecular weight excluding hydrogens is 597 g/mol. The SMILES string of the molecule is c1ccc(-c2nc(-c3ccccc3)nc(-c3cccc(-n4c5ccccc5c5c6c7ccccc7ccc6c6ccccc6c54)c3)n2)cc1. The zero-order valence-corrected chi connectivity index (χ0v) is 26.5. The molecule has 49 heavy (non-hydrogen) atoms.